The molecule has 1 aliphatic heterocycles. The van der Waals surface area contributed by atoms with Crippen LogP contribution in [-0.4, -0.2) is 26.7 Å². The maximum Gasteiger partial charge on any atom is 0.186 e. The average Bonchev–Trinajstić information content (AvgIpc) is 2.34. The van der Waals surface area contributed by atoms with E-state index in [1.807, 2.05) is 0 Å². The van der Waals surface area contributed by atoms with Crippen LogP contribution in [-0.2, 0) is 4.79 Å². The quantitative estimate of drug-likeness (QED) is 0.719. The zero-order chi connectivity index (χ0) is 8.27. The van der Waals surface area contributed by atoms with Crippen LogP contribution < -0.4 is 0 Å². The lowest BCUT2D eigenvalue weighted by atomic mass is 10.3. The number of rotatable bonds is 2. The van der Waals surface area contributed by atoms with Crippen LogP contribution in [0.2, 0.25) is 0 Å². The van der Waals surface area contributed by atoms with Gasteiger partial charge >= 0.3 is 0 Å². The lowest BCUT2D eigenvalue weighted by Crippen LogP contribution is -2.02. The minimum atomic E-state index is 0.182. The van der Waals surface area contributed by atoms with E-state index in [0.29, 0.717) is 9.83 Å². The van der Waals surface area contributed by atoms with E-state index in [1.165, 1.54) is 11.8 Å². The molecule has 0 aromatic carbocycles. The largest absolute Gasteiger partial charge is 0.395 e. The maximum atomic E-state index is 10.7. The highest BCUT2D eigenvalue weighted by atomic mass is 32.2. The molecule has 0 aliphatic carbocycles. The molecule has 4 heteroatoms. The molecule has 0 bridgehead atoms. The summed E-state index contributed by atoms with van der Waals surface area (Å²) in [6, 6.07) is 0. The van der Waals surface area contributed by atoms with Crippen LogP contribution in [0.15, 0.2) is 0 Å². The Balaban J connectivity index is 2.24. The Morgan fingerprint density at radius 3 is 2.91 bits per heavy atom. The molecule has 1 fully saturated rings. The molecule has 1 heterocycles. The molecule has 0 aromatic heterocycles. The Kier molecular flexibility index (Phi) is 3.75. The third-order valence-corrected chi connectivity index (χ3v) is 4.33. The topological polar surface area (TPSA) is 37.3 Å². The van der Waals surface area contributed by atoms with E-state index in [9.17, 15) is 4.79 Å². The van der Waals surface area contributed by atoms with Gasteiger partial charge in [0.2, 0.25) is 0 Å². The van der Waals surface area contributed by atoms with Gasteiger partial charge in [-0.3, -0.25) is 4.79 Å². The Morgan fingerprint density at radius 1 is 1.73 bits per heavy atom. The summed E-state index contributed by atoms with van der Waals surface area (Å²) in [5, 5.41) is 9.35. The molecular weight excluding hydrogens is 180 g/mol. The van der Waals surface area contributed by atoms with Gasteiger partial charge in [-0.25, -0.2) is 0 Å². The van der Waals surface area contributed by atoms with Crippen LogP contribution in [0.25, 0.3) is 0 Å². The predicted octanol–water partition coefficient (Wildman–Crippen LogP) is 1.48. The molecule has 0 aromatic rings. The summed E-state index contributed by atoms with van der Waals surface area (Å²) in [7, 11) is 0. The van der Waals surface area contributed by atoms with Gasteiger partial charge < -0.3 is 5.11 Å². The number of thioether (sulfide) groups is 2. The smallest absolute Gasteiger partial charge is 0.186 e. The van der Waals surface area contributed by atoms with Gasteiger partial charge in [0.1, 0.15) is 0 Å². The van der Waals surface area contributed by atoms with E-state index >= 15 is 0 Å². The molecule has 2 nitrogen and oxygen atoms in total. The van der Waals surface area contributed by atoms with Gasteiger partial charge in [-0.2, -0.15) is 0 Å². The first-order chi connectivity index (χ1) is 5.22. The van der Waals surface area contributed by atoms with E-state index < -0.39 is 0 Å². The summed E-state index contributed by atoms with van der Waals surface area (Å²) in [4.78, 5) is 10.7. The van der Waals surface area contributed by atoms with Crippen molar-refractivity contribution in [1.29, 1.82) is 0 Å². The van der Waals surface area contributed by atoms with E-state index in [0.717, 1.165) is 12.8 Å². The monoisotopic (exact) mass is 192 g/mol. The second kappa shape index (κ2) is 4.38. The van der Waals surface area contributed by atoms with Gasteiger partial charge in [0, 0.05) is 12.2 Å². The van der Waals surface area contributed by atoms with Crippen molar-refractivity contribution in [2.24, 2.45) is 0 Å². The molecule has 1 N–H and O–H groups in total. The van der Waals surface area contributed by atoms with Crippen LogP contribution in [0.5, 0.6) is 0 Å². The van der Waals surface area contributed by atoms with Crippen molar-refractivity contribution in [2.45, 2.75) is 29.6 Å². The van der Waals surface area contributed by atoms with E-state index in [4.69, 9.17) is 5.11 Å². The number of hydrogen-bond acceptors (Lipinski definition) is 4. The maximum absolute atomic E-state index is 10.7. The summed E-state index contributed by atoms with van der Waals surface area (Å²) >= 11 is 3.13. The summed E-state index contributed by atoms with van der Waals surface area (Å²) in [5.41, 5.74) is 0. The van der Waals surface area contributed by atoms with Crippen molar-refractivity contribution in [3.05, 3.63) is 0 Å². The first-order valence-corrected chi connectivity index (χ1v) is 5.48. The highest BCUT2D eigenvalue weighted by Crippen LogP contribution is 2.40. The first kappa shape index (κ1) is 9.42. The van der Waals surface area contributed by atoms with Crippen molar-refractivity contribution >= 4 is 28.6 Å². The summed E-state index contributed by atoms with van der Waals surface area (Å²) < 4.78 is 0.393. The van der Waals surface area contributed by atoms with Crippen LogP contribution in [0.1, 0.15) is 19.8 Å². The summed E-state index contributed by atoms with van der Waals surface area (Å²) in [5.74, 6) is 0. The predicted molar refractivity (Wildman–Crippen MR) is 49.8 cm³/mol. The van der Waals surface area contributed by atoms with Gasteiger partial charge in [-0.05, 0) is 12.8 Å². The minimum absolute atomic E-state index is 0.182. The van der Waals surface area contributed by atoms with E-state index in [-0.39, 0.29) is 11.7 Å². The van der Waals surface area contributed by atoms with Crippen molar-refractivity contribution in [3.8, 4) is 0 Å². The standard InChI is InChI=1S/C7H12O2S2/c1-5(9)10-7-3-2-6(4-8)11-7/h6-8H,2-4H2,1H3. The third-order valence-electron chi connectivity index (χ3n) is 1.57. The molecular formula is C7H12O2S2. The van der Waals surface area contributed by atoms with Crippen molar-refractivity contribution in [1.82, 2.24) is 0 Å². The van der Waals surface area contributed by atoms with Crippen LogP contribution in [0.4, 0.5) is 0 Å². The average molecular weight is 192 g/mol. The second-order valence-electron chi connectivity index (χ2n) is 2.56. The van der Waals surface area contributed by atoms with Gasteiger partial charge in [-0.1, -0.05) is 11.8 Å². The van der Waals surface area contributed by atoms with Crippen molar-refractivity contribution in [3.63, 3.8) is 0 Å². The fourth-order valence-electron chi connectivity index (χ4n) is 1.08. The van der Waals surface area contributed by atoms with Gasteiger partial charge in [-0.15, -0.1) is 11.8 Å². The van der Waals surface area contributed by atoms with E-state index in [1.54, 1.807) is 18.7 Å². The number of carbonyl (C=O) groups excluding carboxylic acids is 1. The number of hydrogen-bond donors (Lipinski definition) is 1. The van der Waals surface area contributed by atoms with Gasteiger partial charge in [0.15, 0.2) is 5.12 Å². The molecule has 1 aliphatic rings. The third kappa shape index (κ3) is 3.05. The Morgan fingerprint density at radius 2 is 2.45 bits per heavy atom. The highest BCUT2D eigenvalue weighted by molar-refractivity contribution is 8.25. The van der Waals surface area contributed by atoms with Crippen molar-refractivity contribution in [2.75, 3.05) is 6.61 Å². The molecule has 1 rings (SSSR count). The fourth-order valence-corrected chi connectivity index (χ4v) is 3.86. The fraction of sp³-hybridized carbons (Fsp3) is 0.857. The Hall–Kier alpha value is 0.330. The molecule has 64 valence electrons. The highest BCUT2D eigenvalue weighted by Gasteiger charge is 2.25. The van der Waals surface area contributed by atoms with Crippen molar-refractivity contribution < 1.29 is 9.90 Å². The zero-order valence-electron chi connectivity index (χ0n) is 6.45. The normalized spacial score (nSPS) is 30.7. The van der Waals surface area contributed by atoms with Gasteiger partial charge in [0.05, 0.1) is 11.2 Å². The summed E-state index contributed by atoms with van der Waals surface area (Å²) in [6.07, 6.45) is 2.10. The second-order valence-corrected chi connectivity index (χ2v) is 5.74. The number of aliphatic hydroxyl groups excluding tert-OH is 1. The lowest BCUT2D eigenvalue weighted by molar-refractivity contribution is -0.109. The molecule has 0 amide bonds. The molecule has 11 heavy (non-hydrogen) atoms. The Labute approximate surface area is 75.1 Å². The van der Waals surface area contributed by atoms with Crippen LogP contribution >= 0.6 is 23.5 Å². The summed E-state index contributed by atoms with van der Waals surface area (Å²) in [6.45, 7) is 1.84. The molecule has 2 atom stereocenters. The van der Waals surface area contributed by atoms with Crippen LogP contribution in [0, 0.1) is 0 Å². The molecule has 1 saturated heterocycles. The van der Waals surface area contributed by atoms with Gasteiger partial charge in [0.25, 0.3) is 0 Å². The molecule has 2 unspecified atom stereocenters. The van der Waals surface area contributed by atoms with Crippen LogP contribution in [0.3, 0.4) is 0 Å². The first-order valence-electron chi connectivity index (χ1n) is 3.66. The lowest BCUT2D eigenvalue weighted by Gasteiger charge is -2.05. The SMILES string of the molecule is CC(=O)SC1CCC(CO)S1. The molecule has 0 spiro atoms. The molecule has 0 radical (unpaired) electrons. The molecule has 0 saturated carbocycles. The Bertz CT molecular complexity index is 149. The number of carbonyl (C=O) groups is 1. The minimum Gasteiger partial charge on any atom is -0.395 e. The number of aliphatic hydroxyl groups is 1. The van der Waals surface area contributed by atoms with E-state index in [2.05, 4.69) is 0 Å². The zero-order valence-corrected chi connectivity index (χ0v) is 8.08.